The van der Waals surface area contributed by atoms with Gasteiger partial charge in [-0.2, -0.15) is 0 Å². The lowest BCUT2D eigenvalue weighted by molar-refractivity contribution is -0.689. The maximum absolute atomic E-state index is 13.0. The Bertz CT molecular complexity index is 737. The molecule has 0 aliphatic carbocycles. The standard InChI is InChI=1S/C16H24N5O3/c1-6-7-19-10(2)11(3)21-12-13(17-15(19)21)18(4)16(23)20(14(12)22)8-9-24-5/h12H,6-9H2,1-5H3/q+1. The van der Waals surface area contributed by atoms with E-state index < -0.39 is 6.04 Å². The third-order valence-electron chi connectivity index (χ3n) is 4.79. The second-order valence-corrected chi connectivity index (χ2v) is 6.19. The summed E-state index contributed by atoms with van der Waals surface area (Å²) in [5.41, 5.74) is 2.11. The van der Waals surface area contributed by atoms with Crippen LogP contribution in [0.2, 0.25) is 0 Å². The number of imide groups is 1. The highest BCUT2D eigenvalue weighted by Gasteiger charge is 2.53. The van der Waals surface area contributed by atoms with Crippen LogP contribution >= 0.6 is 0 Å². The molecule has 8 heteroatoms. The van der Waals surface area contributed by atoms with E-state index in [-0.39, 0.29) is 18.5 Å². The molecule has 2 aliphatic heterocycles. The Morgan fingerprint density at radius 2 is 2.00 bits per heavy atom. The summed E-state index contributed by atoms with van der Waals surface area (Å²) in [6.07, 6.45) is 0.972. The SMILES string of the molecule is CCC[n+]1c(C)c(C)n2c1N=C1C2C(=O)N(CCOC)C(=O)N1C. The number of carbonyl (C=O) groups is 2. The largest absolute Gasteiger partial charge is 0.402 e. The molecule has 0 saturated carbocycles. The molecule has 0 aromatic carbocycles. The Kier molecular flexibility index (Phi) is 4.16. The fourth-order valence-electron chi connectivity index (χ4n) is 3.38. The summed E-state index contributed by atoms with van der Waals surface area (Å²) in [5.74, 6) is 1.00. The van der Waals surface area contributed by atoms with Gasteiger partial charge in [-0.15, -0.1) is 0 Å². The molecule has 2 aliphatic rings. The van der Waals surface area contributed by atoms with Crippen molar-refractivity contribution in [3.05, 3.63) is 11.4 Å². The topological polar surface area (TPSA) is 71.0 Å². The predicted octanol–water partition coefficient (Wildman–Crippen LogP) is 0.928. The van der Waals surface area contributed by atoms with Crippen LogP contribution in [-0.4, -0.2) is 59.4 Å². The van der Waals surface area contributed by atoms with Crippen LogP contribution in [0, 0.1) is 13.8 Å². The molecule has 1 saturated heterocycles. The first-order valence-electron chi connectivity index (χ1n) is 8.21. The van der Waals surface area contributed by atoms with Crippen molar-refractivity contribution in [2.75, 3.05) is 27.3 Å². The normalized spacial score (nSPS) is 19.7. The molecule has 8 nitrogen and oxygen atoms in total. The zero-order valence-electron chi connectivity index (χ0n) is 14.9. The van der Waals surface area contributed by atoms with E-state index in [0.717, 1.165) is 30.3 Å². The fourth-order valence-corrected chi connectivity index (χ4v) is 3.38. The average Bonchev–Trinajstić information content (AvgIpc) is 3.05. The summed E-state index contributed by atoms with van der Waals surface area (Å²) in [6, 6.07) is -0.925. The first kappa shape index (κ1) is 16.6. The molecule has 24 heavy (non-hydrogen) atoms. The van der Waals surface area contributed by atoms with Crippen LogP contribution in [0.3, 0.4) is 0 Å². The number of methoxy groups -OCH3 is 1. The highest BCUT2D eigenvalue weighted by Crippen LogP contribution is 2.35. The average molecular weight is 334 g/mol. The molecule has 0 radical (unpaired) electrons. The zero-order valence-corrected chi connectivity index (χ0v) is 14.9. The molecule has 3 heterocycles. The van der Waals surface area contributed by atoms with Crippen LogP contribution in [0.15, 0.2) is 4.99 Å². The van der Waals surface area contributed by atoms with E-state index in [1.165, 1.54) is 9.80 Å². The summed E-state index contributed by atoms with van der Waals surface area (Å²) in [6.45, 7) is 7.53. The lowest BCUT2D eigenvalue weighted by atomic mass is 10.1. The number of hydrogen-bond donors (Lipinski definition) is 0. The van der Waals surface area contributed by atoms with Gasteiger partial charge in [-0.25, -0.2) is 13.9 Å². The number of carbonyl (C=O) groups excluding carboxylic acids is 2. The number of ether oxygens (including phenoxy) is 1. The Morgan fingerprint density at radius 3 is 2.62 bits per heavy atom. The number of rotatable bonds is 5. The highest BCUT2D eigenvalue weighted by molar-refractivity contribution is 6.20. The predicted molar refractivity (Wildman–Crippen MR) is 87.3 cm³/mol. The van der Waals surface area contributed by atoms with Gasteiger partial charge in [0.1, 0.15) is 11.4 Å². The molecule has 0 N–H and O–H groups in total. The van der Waals surface area contributed by atoms with E-state index in [4.69, 9.17) is 4.74 Å². The molecule has 1 aromatic heterocycles. The van der Waals surface area contributed by atoms with Gasteiger partial charge in [-0.1, -0.05) is 11.9 Å². The highest BCUT2D eigenvalue weighted by atomic mass is 16.5. The number of aliphatic imine (C=N–C) groups is 1. The van der Waals surface area contributed by atoms with Gasteiger partial charge in [0.15, 0.2) is 0 Å². The van der Waals surface area contributed by atoms with Gasteiger partial charge in [-0.3, -0.25) is 14.6 Å². The van der Waals surface area contributed by atoms with Crippen molar-refractivity contribution in [1.29, 1.82) is 0 Å². The van der Waals surface area contributed by atoms with Crippen molar-refractivity contribution in [2.45, 2.75) is 39.8 Å². The van der Waals surface area contributed by atoms with Crippen LogP contribution in [0.25, 0.3) is 0 Å². The van der Waals surface area contributed by atoms with Gasteiger partial charge in [0, 0.05) is 14.2 Å². The molecule has 1 atom stereocenters. The van der Waals surface area contributed by atoms with Crippen molar-refractivity contribution in [1.82, 2.24) is 14.4 Å². The number of amides is 3. The number of hydrogen-bond acceptors (Lipinski definition) is 4. The Morgan fingerprint density at radius 1 is 1.29 bits per heavy atom. The van der Waals surface area contributed by atoms with Gasteiger partial charge in [0.25, 0.3) is 5.91 Å². The van der Waals surface area contributed by atoms with E-state index in [2.05, 4.69) is 16.5 Å². The van der Waals surface area contributed by atoms with Crippen molar-refractivity contribution in [3.63, 3.8) is 0 Å². The number of imidazole rings is 1. The minimum Gasteiger partial charge on any atom is -0.383 e. The zero-order chi connectivity index (χ0) is 17.6. The lowest BCUT2D eigenvalue weighted by Crippen LogP contribution is -2.58. The summed E-state index contributed by atoms with van der Waals surface area (Å²) in [4.78, 5) is 32.8. The number of fused-ring (bicyclic) bond motifs is 3. The number of aromatic nitrogens is 2. The van der Waals surface area contributed by atoms with E-state index in [1.54, 1.807) is 14.2 Å². The minimum absolute atomic E-state index is 0.241. The number of likely N-dealkylation sites (N-methyl/N-ethyl adjacent to an activating group) is 1. The molecule has 0 bridgehead atoms. The van der Waals surface area contributed by atoms with Crippen LogP contribution in [-0.2, 0) is 16.1 Å². The molecule has 1 unspecified atom stereocenters. The van der Waals surface area contributed by atoms with Crippen LogP contribution in [0.5, 0.6) is 0 Å². The van der Waals surface area contributed by atoms with Crippen LogP contribution in [0.4, 0.5) is 10.7 Å². The first-order chi connectivity index (χ1) is 11.4. The minimum atomic E-state index is -0.573. The molecule has 130 valence electrons. The van der Waals surface area contributed by atoms with Gasteiger partial charge in [0.05, 0.1) is 19.7 Å². The molecule has 3 rings (SSSR count). The summed E-state index contributed by atoms with van der Waals surface area (Å²) >= 11 is 0. The van der Waals surface area contributed by atoms with Gasteiger partial charge in [0.2, 0.25) is 11.9 Å². The molecule has 1 aromatic rings. The number of amidine groups is 1. The fraction of sp³-hybridized carbons (Fsp3) is 0.625. The monoisotopic (exact) mass is 334 g/mol. The molecule has 0 spiro atoms. The van der Waals surface area contributed by atoms with Crippen molar-refractivity contribution in [3.8, 4) is 0 Å². The van der Waals surface area contributed by atoms with E-state index in [1.807, 2.05) is 18.4 Å². The van der Waals surface area contributed by atoms with Crippen molar-refractivity contribution in [2.24, 2.45) is 4.99 Å². The van der Waals surface area contributed by atoms with Gasteiger partial charge < -0.3 is 4.74 Å². The maximum Gasteiger partial charge on any atom is 0.402 e. The second-order valence-electron chi connectivity index (χ2n) is 6.19. The van der Waals surface area contributed by atoms with E-state index in [0.29, 0.717) is 12.4 Å². The number of nitrogens with zero attached hydrogens (tertiary/aromatic N) is 5. The summed E-state index contributed by atoms with van der Waals surface area (Å²) < 4.78 is 9.10. The Balaban J connectivity index is 2.08. The molecular formula is C16H24N5O3+. The molecular weight excluding hydrogens is 310 g/mol. The second kappa shape index (κ2) is 6.01. The molecule has 1 fully saturated rings. The van der Waals surface area contributed by atoms with Crippen LogP contribution in [0.1, 0.15) is 30.8 Å². The lowest BCUT2D eigenvalue weighted by Gasteiger charge is -2.33. The summed E-state index contributed by atoms with van der Waals surface area (Å²) in [5, 5.41) is 0. The third kappa shape index (κ3) is 2.16. The van der Waals surface area contributed by atoms with Crippen molar-refractivity contribution < 1.29 is 18.9 Å². The molecule has 3 amide bonds. The smallest absolute Gasteiger partial charge is 0.383 e. The van der Waals surface area contributed by atoms with E-state index in [9.17, 15) is 9.59 Å². The Hall–Kier alpha value is -2.22. The van der Waals surface area contributed by atoms with Gasteiger partial charge in [-0.05, 0) is 20.3 Å². The van der Waals surface area contributed by atoms with Gasteiger partial charge >= 0.3 is 12.0 Å². The first-order valence-corrected chi connectivity index (χ1v) is 8.21. The number of urea groups is 1. The Labute approximate surface area is 141 Å². The summed E-state index contributed by atoms with van der Waals surface area (Å²) in [7, 11) is 3.22. The quantitative estimate of drug-likeness (QED) is 0.752. The van der Waals surface area contributed by atoms with Crippen molar-refractivity contribution >= 4 is 23.7 Å². The third-order valence-corrected chi connectivity index (χ3v) is 4.79. The maximum atomic E-state index is 13.0. The van der Waals surface area contributed by atoms with Crippen LogP contribution < -0.4 is 4.57 Å². The van der Waals surface area contributed by atoms with E-state index >= 15 is 0 Å².